The van der Waals surface area contributed by atoms with Crippen molar-refractivity contribution in [1.82, 2.24) is 14.8 Å². The minimum absolute atomic E-state index is 0.0464. The minimum atomic E-state index is -4.16. The number of rotatable bonds is 6. The molecule has 1 aromatic heterocycles. The average molecular weight is 529 g/mol. The molecule has 186 valence electrons. The number of amides is 2. The van der Waals surface area contributed by atoms with E-state index in [1.165, 1.54) is 34.2 Å². The van der Waals surface area contributed by atoms with Crippen LogP contribution in [0.2, 0.25) is 0 Å². The van der Waals surface area contributed by atoms with Crippen molar-refractivity contribution in [2.24, 2.45) is 10.9 Å². The van der Waals surface area contributed by atoms with Gasteiger partial charge in [-0.15, -0.1) is 0 Å². The minimum Gasteiger partial charge on any atom is -0.335 e. The van der Waals surface area contributed by atoms with Crippen LogP contribution in [0.5, 0.6) is 0 Å². The second-order valence-electron chi connectivity index (χ2n) is 7.85. The number of hydrazone groups is 1. The molecular weight excluding hydrogens is 507 g/mol. The molecule has 0 unspecified atom stereocenters. The van der Waals surface area contributed by atoms with E-state index in [1.807, 2.05) is 0 Å². The summed E-state index contributed by atoms with van der Waals surface area (Å²) in [6.45, 7) is 0.881. The Bertz CT molecular complexity index is 1480. The van der Waals surface area contributed by atoms with Crippen molar-refractivity contribution in [1.29, 1.82) is 0 Å². The number of piperazine rings is 1. The fourth-order valence-electron chi connectivity index (χ4n) is 3.82. The second kappa shape index (κ2) is 10.3. The molecule has 0 aliphatic carbocycles. The van der Waals surface area contributed by atoms with Gasteiger partial charge in [0.05, 0.1) is 11.2 Å². The van der Waals surface area contributed by atoms with E-state index in [1.54, 1.807) is 24.3 Å². The maximum Gasteiger partial charge on any atom is 0.275 e. The molecule has 4 rings (SSSR count). The van der Waals surface area contributed by atoms with Gasteiger partial charge in [0.2, 0.25) is 0 Å². The summed E-state index contributed by atoms with van der Waals surface area (Å²) in [5.74, 6) is 3.38. The molecule has 3 N–H and O–H groups in total. The standard InChI is InChI=1S/C23H21FN6O4S2/c24-17-13-16(22(31)29-9-11-30(12-10-29)23(32)19(14-35)27-25)6-7-18(17)28-36(33,34)20-5-1-3-15-4-2-8-26-21(15)20/h1-8,13-14,28H,9-12,25H2. The molecule has 1 aliphatic rings. The Balaban J connectivity index is 1.47. The Hall–Kier alpha value is -3.97. The summed E-state index contributed by atoms with van der Waals surface area (Å²) < 4.78 is 43.0. The summed E-state index contributed by atoms with van der Waals surface area (Å²) in [6, 6.07) is 11.6. The van der Waals surface area contributed by atoms with Gasteiger partial charge in [0.1, 0.15) is 10.7 Å². The number of hydrogen-bond acceptors (Lipinski definition) is 8. The molecule has 0 saturated carbocycles. The van der Waals surface area contributed by atoms with Crippen LogP contribution in [0.25, 0.3) is 10.9 Å². The van der Waals surface area contributed by atoms with Crippen molar-refractivity contribution in [3.8, 4) is 0 Å². The number of para-hydroxylation sites is 1. The molecule has 36 heavy (non-hydrogen) atoms. The smallest absolute Gasteiger partial charge is 0.275 e. The molecule has 0 radical (unpaired) electrons. The number of nitrogens with one attached hydrogen (secondary N) is 1. The quantitative estimate of drug-likeness (QED) is 0.215. The Morgan fingerprint density at radius 3 is 2.44 bits per heavy atom. The van der Waals surface area contributed by atoms with E-state index in [9.17, 15) is 22.4 Å². The van der Waals surface area contributed by atoms with Gasteiger partial charge in [-0.25, -0.2) is 12.8 Å². The molecule has 2 amide bonds. The number of hydrogen-bond donors (Lipinski definition) is 2. The zero-order chi connectivity index (χ0) is 25.9. The lowest BCUT2D eigenvalue weighted by atomic mass is 10.1. The number of nitrogens with two attached hydrogens (primary N) is 1. The van der Waals surface area contributed by atoms with Crippen molar-refractivity contribution in [3.63, 3.8) is 0 Å². The van der Waals surface area contributed by atoms with Crippen LogP contribution < -0.4 is 10.6 Å². The topological polar surface area (TPSA) is 138 Å². The maximum absolute atomic E-state index is 14.9. The van der Waals surface area contributed by atoms with E-state index >= 15 is 0 Å². The number of sulfonamides is 1. The Morgan fingerprint density at radius 1 is 1.08 bits per heavy atom. The largest absolute Gasteiger partial charge is 0.335 e. The van der Waals surface area contributed by atoms with E-state index in [2.05, 4.69) is 14.8 Å². The maximum atomic E-state index is 14.9. The molecule has 1 fully saturated rings. The number of halogens is 1. The Kier molecular flexibility index (Phi) is 7.22. The van der Waals surface area contributed by atoms with E-state index in [0.29, 0.717) is 5.39 Å². The lowest BCUT2D eigenvalue weighted by molar-refractivity contribution is -0.125. The molecule has 3 aromatic rings. The van der Waals surface area contributed by atoms with Crippen LogP contribution in [-0.2, 0) is 14.8 Å². The summed E-state index contributed by atoms with van der Waals surface area (Å²) >= 11 is 4.72. The number of fused-ring (bicyclic) bond motifs is 1. The van der Waals surface area contributed by atoms with Crippen molar-refractivity contribution in [2.75, 3.05) is 30.9 Å². The Labute approximate surface area is 211 Å². The van der Waals surface area contributed by atoms with E-state index in [-0.39, 0.29) is 53.6 Å². The average Bonchev–Trinajstić information content (AvgIpc) is 2.89. The molecule has 1 aliphatic heterocycles. The second-order valence-corrected chi connectivity index (χ2v) is 9.73. The molecule has 0 spiro atoms. The SMILES string of the molecule is NN=C(C=S)C(=O)N1CCN(C(=O)c2ccc(NS(=O)(=O)c3cccc4cccnc34)c(F)c2)CC1. The van der Waals surface area contributed by atoms with Crippen LogP contribution >= 0.6 is 12.2 Å². The van der Waals surface area contributed by atoms with Gasteiger partial charge in [-0.2, -0.15) is 5.10 Å². The fraction of sp³-hybridized carbons (Fsp3) is 0.174. The number of carbonyl (C=O) groups is 2. The van der Waals surface area contributed by atoms with Crippen molar-refractivity contribution in [3.05, 3.63) is 66.1 Å². The molecular formula is C23H21FN6O4S2. The van der Waals surface area contributed by atoms with E-state index < -0.39 is 27.7 Å². The van der Waals surface area contributed by atoms with Crippen molar-refractivity contribution in [2.45, 2.75) is 4.90 Å². The lowest BCUT2D eigenvalue weighted by Gasteiger charge is -2.34. The van der Waals surface area contributed by atoms with Gasteiger partial charge < -0.3 is 15.6 Å². The summed E-state index contributed by atoms with van der Waals surface area (Å²) in [4.78, 5) is 32.1. The van der Waals surface area contributed by atoms with E-state index in [0.717, 1.165) is 11.4 Å². The number of benzene rings is 2. The number of nitrogens with zero attached hydrogens (tertiary/aromatic N) is 4. The number of thiocarbonyl (C=S) groups is 1. The molecule has 13 heteroatoms. The van der Waals surface area contributed by atoms with E-state index in [4.69, 9.17) is 18.1 Å². The lowest BCUT2D eigenvalue weighted by Crippen LogP contribution is -2.52. The van der Waals surface area contributed by atoms with Crippen LogP contribution in [0.3, 0.4) is 0 Å². The van der Waals surface area contributed by atoms with Gasteiger partial charge in [-0.3, -0.25) is 19.3 Å². The summed E-state index contributed by atoms with van der Waals surface area (Å²) in [7, 11) is -4.16. The highest BCUT2D eigenvalue weighted by Crippen LogP contribution is 2.25. The van der Waals surface area contributed by atoms with Crippen LogP contribution in [0, 0.1) is 5.82 Å². The summed E-state index contributed by atoms with van der Waals surface area (Å²) in [5.41, 5.74) is -0.0502. The number of pyridine rings is 1. The number of carbonyl (C=O) groups excluding carboxylic acids is 2. The zero-order valence-corrected chi connectivity index (χ0v) is 20.4. The third-order valence-electron chi connectivity index (χ3n) is 5.67. The van der Waals surface area contributed by atoms with Crippen LogP contribution in [0.15, 0.2) is 64.7 Å². The number of anilines is 1. The molecule has 0 bridgehead atoms. The molecule has 2 heterocycles. The predicted molar refractivity (Wildman–Crippen MR) is 137 cm³/mol. The van der Waals surface area contributed by atoms with Gasteiger partial charge in [0.25, 0.3) is 21.8 Å². The fourth-order valence-corrected chi connectivity index (χ4v) is 5.23. The first kappa shape index (κ1) is 25.1. The first-order valence-corrected chi connectivity index (χ1v) is 12.7. The van der Waals surface area contributed by atoms with Crippen molar-refractivity contribution >= 4 is 61.7 Å². The highest BCUT2D eigenvalue weighted by Gasteiger charge is 2.27. The van der Waals surface area contributed by atoms with Gasteiger partial charge in [0.15, 0.2) is 5.71 Å². The summed E-state index contributed by atoms with van der Waals surface area (Å²) in [5, 5.41) is 5.07. The predicted octanol–water partition coefficient (Wildman–Crippen LogP) is 1.77. The summed E-state index contributed by atoms with van der Waals surface area (Å²) in [6.07, 6.45) is 1.47. The van der Waals surface area contributed by atoms with Gasteiger partial charge in [0, 0.05) is 48.7 Å². The third kappa shape index (κ3) is 5.02. The van der Waals surface area contributed by atoms with Crippen molar-refractivity contribution < 1.29 is 22.4 Å². The van der Waals surface area contributed by atoms with Crippen LogP contribution in [-0.4, -0.2) is 72.3 Å². The van der Waals surface area contributed by atoms with Gasteiger partial charge in [-0.05, 0) is 30.3 Å². The molecule has 0 atom stereocenters. The Morgan fingerprint density at radius 2 is 1.78 bits per heavy atom. The molecule has 1 saturated heterocycles. The van der Waals surface area contributed by atoms with Gasteiger partial charge in [-0.1, -0.05) is 30.4 Å². The van der Waals surface area contributed by atoms with Crippen LogP contribution in [0.1, 0.15) is 10.4 Å². The highest BCUT2D eigenvalue weighted by molar-refractivity contribution is 7.93. The van der Waals surface area contributed by atoms with Crippen LogP contribution in [0.4, 0.5) is 10.1 Å². The molecule has 10 nitrogen and oxygen atoms in total. The third-order valence-corrected chi connectivity index (χ3v) is 7.29. The first-order valence-electron chi connectivity index (χ1n) is 10.7. The normalized spacial score (nSPS) is 14.5. The highest BCUT2D eigenvalue weighted by atomic mass is 32.2. The number of aromatic nitrogens is 1. The first-order chi connectivity index (χ1) is 17.2. The monoisotopic (exact) mass is 528 g/mol. The molecule has 2 aromatic carbocycles. The van der Waals surface area contributed by atoms with Gasteiger partial charge >= 0.3 is 0 Å². The zero-order valence-electron chi connectivity index (χ0n) is 18.8.